The van der Waals surface area contributed by atoms with Gasteiger partial charge >= 0.3 is 0 Å². The molecule has 0 aromatic heterocycles. The summed E-state index contributed by atoms with van der Waals surface area (Å²) in [6.45, 7) is 9.86. The Balaban J connectivity index is 1.81. The quantitative estimate of drug-likeness (QED) is 0.789. The lowest BCUT2D eigenvalue weighted by atomic mass is 9.83. The molecule has 112 valence electrons. The Morgan fingerprint density at radius 2 is 1.79 bits per heavy atom. The molecule has 1 heterocycles. The minimum Gasteiger partial charge on any atom is -0.316 e. The number of hydrogen-bond donors (Lipinski definition) is 1. The highest BCUT2D eigenvalue weighted by Crippen LogP contribution is 2.30. The average Bonchev–Trinajstić information content (AvgIpc) is 2.48. The molecule has 1 atom stereocenters. The van der Waals surface area contributed by atoms with Crippen LogP contribution in [0.4, 0.5) is 0 Å². The van der Waals surface area contributed by atoms with E-state index in [9.17, 15) is 0 Å². The van der Waals surface area contributed by atoms with Gasteiger partial charge in [-0.15, -0.1) is 0 Å². The second-order valence-corrected chi connectivity index (χ2v) is 6.79. The van der Waals surface area contributed by atoms with E-state index in [1.807, 2.05) is 0 Å². The average molecular weight is 266 g/mol. The Morgan fingerprint density at radius 3 is 2.37 bits per heavy atom. The van der Waals surface area contributed by atoms with Gasteiger partial charge in [-0.1, -0.05) is 20.3 Å². The number of nitrogens with zero attached hydrogens (tertiary/aromatic N) is 1. The van der Waals surface area contributed by atoms with Crippen molar-refractivity contribution in [3.05, 3.63) is 0 Å². The first-order valence-corrected chi connectivity index (χ1v) is 8.78. The maximum Gasteiger partial charge on any atom is 0.00955 e. The van der Waals surface area contributed by atoms with Gasteiger partial charge in [0.25, 0.3) is 0 Å². The summed E-state index contributed by atoms with van der Waals surface area (Å²) < 4.78 is 0. The van der Waals surface area contributed by atoms with Crippen molar-refractivity contribution in [2.45, 2.75) is 71.3 Å². The Hall–Kier alpha value is -0.0800. The maximum absolute atomic E-state index is 3.57. The molecule has 0 radical (unpaired) electrons. The molecule has 19 heavy (non-hydrogen) atoms. The number of hydrogen-bond acceptors (Lipinski definition) is 2. The molecule has 1 unspecified atom stereocenters. The zero-order chi connectivity index (χ0) is 13.5. The summed E-state index contributed by atoms with van der Waals surface area (Å²) >= 11 is 0. The van der Waals surface area contributed by atoms with Crippen molar-refractivity contribution < 1.29 is 0 Å². The molecule has 0 spiro atoms. The summed E-state index contributed by atoms with van der Waals surface area (Å²) in [5.41, 5.74) is 0. The van der Waals surface area contributed by atoms with E-state index in [0.717, 1.165) is 17.9 Å². The molecule has 2 rings (SSSR count). The van der Waals surface area contributed by atoms with Crippen molar-refractivity contribution >= 4 is 0 Å². The highest BCUT2D eigenvalue weighted by Gasteiger charge is 2.26. The molecule has 1 aliphatic carbocycles. The summed E-state index contributed by atoms with van der Waals surface area (Å²) in [5, 5.41) is 3.57. The Labute approximate surface area is 120 Å². The third kappa shape index (κ3) is 4.75. The first kappa shape index (κ1) is 15.3. The fourth-order valence-electron chi connectivity index (χ4n) is 4.04. The lowest BCUT2D eigenvalue weighted by molar-refractivity contribution is 0.109. The van der Waals surface area contributed by atoms with Gasteiger partial charge in [-0.05, 0) is 76.4 Å². The second-order valence-electron chi connectivity index (χ2n) is 6.79. The van der Waals surface area contributed by atoms with Crippen LogP contribution in [0.5, 0.6) is 0 Å². The van der Waals surface area contributed by atoms with E-state index in [1.54, 1.807) is 0 Å². The van der Waals surface area contributed by atoms with Gasteiger partial charge in [-0.25, -0.2) is 0 Å². The third-order valence-corrected chi connectivity index (χ3v) is 5.31. The monoisotopic (exact) mass is 266 g/mol. The van der Waals surface area contributed by atoms with Crippen molar-refractivity contribution in [2.75, 3.05) is 26.2 Å². The van der Waals surface area contributed by atoms with Gasteiger partial charge in [0.05, 0.1) is 0 Å². The maximum atomic E-state index is 3.57. The molecule has 2 nitrogen and oxygen atoms in total. The van der Waals surface area contributed by atoms with Crippen LogP contribution in [0.2, 0.25) is 0 Å². The molecule has 1 saturated heterocycles. The molecular formula is C17H34N2. The predicted octanol–water partition coefficient (Wildman–Crippen LogP) is 3.67. The van der Waals surface area contributed by atoms with Gasteiger partial charge in [0, 0.05) is 12.6 Å². The lowest BCUT2D eigenvalue weighted by Gasteiger charge is -2.39. The standard InChI is InChI=1S/C17H34N2/c1-3-12-19(14-16-6-5-11-18-13-16)17-9-7-15(4-2)8-10-17/h15-18H,3-14H2,1-2H3. The summed E-state index contributed by atoms with van der Waals surface area (Å²) in [5.74, 6) is 1.93. The summed E-state index contributed by atoms with van der Waals surface area (Å²) in [6, 6.07) is 0.893. The minimum atomic E-state index is 0.893. The molecule has 1 aliphatic heterocycles. The van der Waals surface area contributed by atoms with Crippen LogP contribution in [0.3, 0.4) is 0 Å². The molecule has 0 aromatic rings. The molecular weight excluding hydrogens is 232 g/mol. The van der Waals surface area contributed by atoms with Gasteiger partial charge in [-0.3, -0.25) is 0 Å². The van der Waals surface area contributed by atoms with E-state index in [1.165, 1.54) is 77.5 Å². The van der Waals surface area contributed by atoms with Crippen LogP contribution >= 0.6 is 0 Å². The largest absolute Gasteiger partial charge is 0.316 e. The molecule has 1 saturated carbocycles. The Bertz CT molecular complexity index is 227. The first-order valence-electron chi connectivity index (χ1n) is 8.78. The van der Waals surface area contributed by atoms with Gasteiger partial charge in [-0.2, -0.15) is 0 Å². The third-order valence-electron chi connectivity index (χ3n) is 5.31. The van der Waals surface area contributed by atoms with E-state index >= 15 is 0 Å². The zero-order valence-corrected chi connectivity index (χ0v) is 13.2. The lowest BCUT2D eigenvalue weighted by Crippen LogP contribution is -2.44. The van der Waals surface area contributed by atoms with Crippen LogP contribution in [0, 0.1) is 11.8 Å². The molecule has 1 N–H and O–H groups in total. The molecule has 0 bridgehead atoms. The van der Waals surface area contributed by atoms with Crippen LogP contribution in [0.15, 0.2) is 0 Å². The summed E-state index contributed by atoms with van der Waals surface area (Å²) in [4.78, 5) is 2.84. The van der Waals surface area contributed by atoms with Crippen molar-refractivity contribution in [2.24, 2.45) is 11.8 Å². The molecule has 2 fully saturated rings. The topological polar surface area (TPSA) is 15.3 Å². The van der Waals surface area contributed by atoms with Crippen LogP contribution in [-0.4, -0.2) is 37.1 Å². The number of piperidine rings is 1. The van der Waals surface area contributed by atoms with Gasteiger partial charge in [0.15, 0.2) is 0 Å². The van der Waals surface area contributed by atoms with E-state index in [2.05, 4.69) is 24.1 Å². The van der Waals surface area contributed by atoms with Crippen LogP contribution < -0.4 is 5.32 Å². The Kier molecular flexibility index (Phi) is 6.66. The van der Waals surface area contributed by atoms with Gasteiger partial charge < -0.3 is 10.2 Å². The first-order chi connectivity index (χ1) is 9.33. The summed E-state index contributed by atoms with van der Waals surface area (Å²) in [6.07, 6.45) is 11.4. The zero-order valence-electron chi connectivity index (χ0n) is 13.2. The van der Waals surface area contributed by atoms with Gasteiger partial charge in [0.2, 0.25) is 0 Å². The Morgan fingerprint density at radius 1 is 1.00 bits per heavy atom. The highest BCUT2D eigenvalue weighted by molar-refractivity contribution is 4.82. The normalized spacial score (nSPS) is 32.7. The number of nitrogens with one attached hydrogen (secondary N) is 1. The number of rotatable bonds is 6. The van der Waals surface area contributed by atoms with E-state index < -0.39 is 0 Å². The molecule has 0 amide bonds. The smallest absolute Gasteiger partial charge is 0.00955 e. The molecule has 2 aliphatic rings. The molecule has 2 heteroatoms. The minimum absolute atomic E-state index is 0.893. The van der Waals surface area contributed by atoms with Crippen molar-refractivity contribution in [3.8, 4) is 0 Å². The van der Waals surface area contributed by atoms with E-state index in [0.29, 0.717) is 0 Å². The predicted molar refractivity (Wildman–Crippen MR) is 83.5 cm³/mol. The fourth-order valence-corrected chi connectivity index (χ4v) is 4.04. The summed E-state index contributed by atoms with van der Waals surface area (Å²) in [7, 11) is 0. The van der Waals surface area contributed by atoms with Crippen molar-refractivity contribution in [1.82, 2.24) is 10.2 Å². The van der Waals surface area contributed by atoms with Crippen LogP contribution in [-0.2, 0) is 0 Å². The highest BCUT2D eigenvalue weighted by atomic mass is 15.2. The van der Waals surface area contributed by atoms with Crippen molar-refractivity contribution in [1.29, 1.82) is 0 Å². The SMILES string of the molecule is CCCN(CC1CCCNC1)C1CCC(CC)CC1. The molecule has 0 aromatic carbocycles. The van der Waals surface area contributed by atoms with Crippen LogP contribution in [0.25, 0.3) is 0 Å². The van der Waals surface area contributed by atoms with E-state index in [-0.39, 0.29) is 0 Å². The fraction of sp³-hybridized carbons (Fsp3) is 1.00. The second kappa shape index (κ2) is 8.26. The van der Waals surface area contributed by atoms with E-state index in [4.69, 9.17) is 0 Å². The van der Waals surface area contributed by atoms with Crippen LogP contribution in [0.1, 0.15) is 65.2 Å². The van der Waals surface area contributed by atoms with Crippen molar-refractivity contribution in [3.63, 3.8) is 0 Å². The van der Waals surface area contributed by atoms with Gasteiger partial charge in [0.1, 0.15) is 0 Å².